The fraction of sp³-hybridized carbons (Fsp3) is 0.750. The molecule has 0 amide bonds. The molecule has 0 aliphatic rings. The average molecular weight is 504 g/mol. The van der Waals surface area contributed by atoms with E-state index in [9.17, 15) is 66.7 Å². The first kappa shape index (κ1) is 28.8. The molecule has 19 heteroatoms. The standard InChI is InChI=1S/C12H10F10O8S/c1-9(13,14)7(10(15,16)17)29-5(24)2-4(23)3-6(25)30-8(11(18,19)20)12(21,22)31(26,27)28/h7-8H,2-3H2,1H3,(H,26,27,28). The van der Waals surface area contributed by atoms with Crippen molar-refractivity contribution in [3.63, 3.8) is 0 Å². The number of hydrogen-bond acceptors (Lipinski definition) is 7. The smallest absolute Gasteiger partial charge is 0.432 e. The van der Waals surface area contributed by atoms with E-state index < -0.39 is 76.4 Å². The second kappa shape index (κ2) is 9.13. The van der Waals surface area contributed by atoms with Crippen LogP contribution in [0.15, 0.2) is 0 Å². The van der Waals surface area contributed by atoms with Crippen LogP contribution in [0.5, 0.6) is 0 Å². The molecule has 0 saturated heterocycles. The fourth-order valence-electron chi connectivity index (χ4n) is 1.65. The molecule has 0 aromatic rings. The SMILES string of the molecule is CC(F)(F)C(OC(=O)CC(=O)CC(=O)OC(C(F)(F)F)C(F)(F)S(=O)(=O)O)C(F)(F)F. The van der Waals surface area contributed by atoms with E-state index in [4.69, 9.17) is 4.55 Å². The minimum Gasteiger partial charge on any atom is -0.446 e. The molecule has 0 heterocycles. The second-order valence-electron chi connectivity index (χ2n) is 5.71. The highest BCUT2D eigenvalue weighted by Gasteiger charge is 2.66. The number of halogens is 10. The minimum atomic E-state index is -6.79. The lowest BCUT2D eigenvalue weighted by molar-refractivity contribution is -0.273. The molecule has 8 nitrogen and oxygen atoms in total. The summed E-state index contributed by atoms with van der Waals surface area (Å²) in [5.41, 5.74) is 0. The van der Waals surface area contributed by atoms with Crippen LogP contribution in [0.3, 0.4) is 0 Å². The number of alkyl halides is 10. The maximum atomic E-state index is 13.2. The third-order valence-corrected chi connectivity index (χ3v) is 3.79. The molecular formula is C12H10F10O8S. The summed E-state index contributed by atoms with van der Waals surface area (Å²) < 4.78 is 162. The number of Topliss-reactive ketones (excluding diaryl/α,β-unsaturated/α-hetero) is 1. The van der Waals surface area contributed by atoms with Crippen molar-refractivity contribution in [2.75, 3.05) is 0 Å². The van der Waals surface area contributed by atoms with Gasteiger partial charge in [-0.15, -0.1) is 0 Å². The van der Waals surface area contributed by atoms with Crippen molar-refractivity contribution in [3.8, 4) is 0 Å². The normalized spacial score (nSPS) is 15.7. The molecule has 2 atom stereocenters. The summed E-state index contributed by atoms with van der Waals surface area (Å²) in [6.07, 6.45) is -24.9. The number of hydrogen-bond donors (Lipinski definition) is 1. The Balaban J connectivity index is 5.25. The molecule has 0 saturated carbocycles. The maximum absolute atomic E-state index is 13.2. The van der Waals surface area contributed by atoms with Crippen molar-refractivity contribution in [2.24, 2.45) is 0 Å². The highest BCUT2D eigenvalue weighted by molar-refractivity contribution is 7.86. The monoisotopic (exact) mass is 504 g/mol. The number of ether oxygens (including phenoxy) is 2. The van der Waals surface area contributed by atoms with Gasteiger partial charge in [-0.1, -0.05) is 0 Å². The van der Waals surface area contributed by atoms with Crippen LogP contribution in [-0.2, 0) is 34.0 Å². The third-order valence-electron chi connectivity index (χ3n) is 2.89. The van der Waals surface area contributed by atoms with Crippen molar-refractivity contribution >= 4 is 27.8 Å². The zero-order valence-electron chi connectivity index (χ0n) is 14.6. The highest BCUT2D eigenvalue weighted by atomic mass is 32.2. The summed E-state index contributed by atoms with van der Waals surface area (Å²) in [7, 11) is -6.79. The summed E-state index contributed by atoms with van der Waals surface area (Å²) in [6.45, 7) is -0.301. The van der Waals surface area contributed by atoms with E-state index >= 15 is 0 Å². The first-order valence-corrected chi connectivity index (χ1v) is 8.61. The molecule has 0 aromatic heterocycles. The molecule has 0 bridgehead atoms. The van der Waals surface area contributed by atoms with Crippen LogP contribution in [-0.4, -0.2) is 66.4 Å². The average Bonchev–Trinajstić information content (AvgIpc) is 2.45. The molecule has 0 aromatic carbocycles. The van der Waals surface area contributed by atoms with Gasteiger partial charge < -0.3 is 9.47 Å². The number of carbonyl (C=O) groups excluding carboxylic acids is 3. The van der Waals surface area contributed by atoms with Gasteiger partial charge in [-0.25, -0.2) is 8.78 Å². The minimum absolute atomic E-state index is 0.301. The van der Waals surface area contributed by atoms with Crippen LogP contribution in [0.2, 0.25) is 0 Å². The van der Waals surface area contributed by atoms with Gasteiger partial charge in [0.2, 0.25) is 0 Å². The summed E-state index contributed by atoms with van der Waals surface area (Å²) in [4.78, 5) is 33.7. The molecule has 0 rings (SSSR count). The van der Waals surface area contributed by atoms with E-state index in [2.05, 4.69) is 9.47 Å². The van der Waals surface area contributed by atoms with Gasteiger partial charge in [0.05, 0.1) is 0 Å². The van der Waals surface area contributed by atoms with Gasteiger partial charge >= 0.3 is 39.7 Å². The Bertz CT molecular complexity index is 782. The van der Waals surface area contributed by atoms with Gasteiger partial charge in [-0.2, -0.15) is 43.5 Å². The van der Waals surface area contributed by atoms with E-state index in [1.807, 2.05) is 0 Å². The van der Waals surface area contributed by atoms with Gasteiger partial charge in [0, 0.05) is 6.92 Å². The van der Waals surface area contributed by atoms with E-state index in [-0.39, 0.29) is 6.92 Å². The summed E-state index contributed by atoms with van der Waals surface area (Å²) in [5, 5.41) is -6.13. The topological polar surface area (TPSA) is 124 Å². The Labute approximate surface area is 165 Å². The zero-order valence-corrected chi connectivity index (χ0v) is 15.4. The molecular weight excluding hydrogens is 494 g/mol. The lowest BCUT2D eigenvalue weighted by Gasteiger charge is -2.26. The molecule has 0 aliphatic heterocycles. The Morgan fingerprint density at radius 1 is 0.774 bits per heavy atom. The van der Waals surface area contributed by atoms with Gasteiger partial charge in [0.25, 0.3) is 18.1 Å². The van der Waals surface area contributed by atoms with Crippen molar-refractivity contribution in [1.29, 1.82) is 0 Å². The quantitative estimate of drug-likeness (QED) is 0.220. The number of carbonyl (C=O) groups is 3. The second-order valence-corrected chi connectivity index (χ2v) is 7.20. The number of rotatable bonds is 9. The van der Waals surface area contributed by atoms with Crippen molar-refractivity contribution in [1.82, 2.24) is 0 Å². The molecule has 0 fully saturated rings. The van der Waals surface area contributed by atoms with Crippen LogP contribution in [0.1, 0.15) is 19.8 Å². The Kier molecular flexibility index (Phi) is 8.49. The lowest BCUT2D eigenvalue weighted by atomic mass is 10.2. The first-order valence-electron chi connectivity index (χ1n) is 7.17. The van der Waals surface area contributed by atoms with Crippen molar-refractivity contribution in [3.05, 3.63) is 0 Å². The van der Waals surface area contributed by atoms with Gasteiger partial charge in [0.1, 0.15) is 12.8 Å². The predicted octanol–water partition coefficient (Wildman–Crippen LogP) is 2.42. The largest absolute Gasteiger partial charge is 0.446 e. The van der Waals surface area contributed by atoms with Gasteiger partial charge in [-0.3, -0.25) is 18.9 Å². The molecule has 2 unspecified atom stereocenters. The summed E-state index contributed by atoms with van der Waals surface area (Å²) >= 11 is 0. The van der Waals surface area contributed by atoms with Crippen LogP contribution in [0.4, 0.5) is 43.9 Å². The predicted molar refractivity (Wildman–Crippen MR) is 73.2 cm³/mol. The Morgan fingerprint density at radius 2 is 1.10 bits per heavy atom. The molecule has 0 spiro atoms. The van der Waals surface area contributed by atoms with Crippen LogP contribution < -0.4 is 0 Å². The zero-order chi connectivity index (χ0) is 25.2. The van der Waals surface area contributed by atoms with E-state index in [0.29, 0.717) is 0 Å². The first-order chi connectivity index (χ1) is 13.4. The summed E-state index contributed by atoms with van der Waals surface area (Å²) in [6, 6.07) is 0. The van der Waals surface area contributed by atoms with Gasteiger partial charge in [0.15, 0.2) is 5.78 Å². The molecule has 0 aliphatic carbocycles. The van der Waals surface area contributed by atoms with Crippen molar-refractivity contribution in [2.45, 2.75) is 55.5 Å². The lowest BCUT2D eigenvalue weighted by Crippen LogP contribution is -2.52. The molecule has 31 heavy (non-hydrogen) atoms. The Hall–Kier alpha value is -2.18. The third kappa shape index (κ3) is 8.46. The van der Waals surface area contributed by atoms with Crippen LogP contribution >= 0.6 is 0 Å². The van der Waals surface area contributed by atoms with E-state index in [1.54, 1.807) is 0 Å². The van der Waals surface area contributed by atoms with E-state index in [1.165, 1.54) is 0 Å². The molecule has 1 N–H and O–H groups in total. The maximum Gasteiger partial charge on any atom is 0.432 e. The highest BCUT2D eigenvalue weighted by Crippen LogP contribution is 2.38. The summed E-state index contributed by atoms with van der Waals surface area (Å²) in [5.74, 6) is -11.5. The molecule has 182 valence electrons. The van der Waals surface area contributed by atoms with Crippen LogP contribution in [0.25, 0.3) is 0 Å². The number of esters is 2. The molecule has 0 radical (unpaired) electrons. The van der Waals surface area contributed by atoms with E-state index in [0.717, 1.165) is 0 Å². The Morgan fingerprint density at radius 3 is 1.35 bits per heavy atom. The number of ketones is 1. The fourth-order valence-corrected chi connectivity index (χ4v) is 2.10. The van der Waals surface area contributed by atoms with Crippen LogP contribution in [0, 0.1) is 0 Å². The van der Waals surface area contributed by atoms with Crippen molar-refractivity contribution < 1.29 is 80.7 Å². The van der Waals surface area contributed by atoms with Gasteiger partial charge in [-0.05, 0) is 0 Å².